The third-order valence-corrected chi connectivity index (χ3v) is 8.95. The Morgan fingerprint density at radius 2 is 1.74 bits per heavy atom. The molecule has 35 heavy (non-hydrogen) atoms. The number of sulfonamides is 1. The van der Waals surface area contributed by atoms with Gasteiger partial charge in [0, 0.05) is 19.0 Å². The second-order valence-corrected chi connectivity index (χ2v) is 12.0. The number of aryl methyl sites for hydroxylation is 2. The molecule has 1 heterocycles. The van der Waals surface area contributed by atoms with Crippen molar-refractivity contribution in [3.8, 4) is 5.75 Å². The van der Waals surface area contributed by atoms with Crippen LogP contribution in [-0.2, 0) is 21.2 Å². The average molecular weight is 501 g/mol. The zero-order chi connectivity index (χ0) is 25.6. The van der Waals surface area contributed by atoms with E-state index in [1.807, 2.05) is 50.2 Å². The molecule has 0 spiro atoms. The SMILES string of the molecule is COc1cc(C)c(C(C)NC(=O)C2CCN(S(=O)(=O)CCCc3ccccc3)CC2)cc1C(C)C. The van der Waals surface area contributed by atoms with E-state index >= 15 is 0 Å². The van der Waals surface area contributed by atoms with Gasteiger partial charge in [0.25, 0.3) is 0 Å². The smallest absolute Gasteiger partial charge is 0.223 e. The van der Waals surface area contributed by atoms with Gasteiger partial charge in [-0.05, 0) is 79.8 Å². The van der Waals surface area contributed by atoms with E-state index in [2.05, 4.69) is 25.2 Å². The predicted molar refractivity (Wildman–Crippen MR) is 141 cm³/mol. The van der Waals surface area contributed by atoms with Gasteiger partial charge in [0.2, 0.25) is 15.9 Å². The van der Waals surface area contributed by atoms with Crippen molar-refractivity contribution in [3.63, 3.8) is 0 Å². The largest absolute Gasteiger partial charge is 0.496 e. The van der Waals surface area contributed by atoms with Gasteiger partial charge in [0.05, 0.1) is 18.9 Å². The monoisotopic (exact) mass is 500 g/mol. The molecular formula is C28H40N2O4S. The number of ether oxygens (including phenoxy) is 1. The lowest BCUT2D eigenvalue weighted by Crippen LogP contribution is -2.44. The highest BCUT2D eigenvalue weighted by Crippen LogP contribution is 2.32. The van der Waals surface area contributed by atoms with Crippen LogP contribution in [0.15, 0.2) is 42.5 Å². The third kappa shape index (κ3) is 7.07. The summed E-state index contributed by atoms with van der Waals surface area (Å²) in [5, 5.41) is 3.17. The number of hydrogen-bond acceptors (Lipinski definition) is 4. The standard InChI is InChI=1S/C28H40N2O4S/c1-20(2)25-19-26(21(3)18-27(25)34-5)22(4)29-28(31)24-13-15-30(16-14-24)35(32,33)17-9-12-23-10-7-6-8-11-23/h6-8,10-11,18-20,22,24H,9,12-17H2,1-5H3,(H,29,31). The summed E-state index contributed by atoms with van der Waals surface area (Å²) < 4.78 is 32.7. The molecule has 1 atom stereocenters. The number of hydrogen-bond donors (Lipinski definition) is 1. The van der Waals surface area contributed by atoms with E-state index in [-0.39, 0.29) is 23.6 Å². The molecular weight excluding hydrogens is 460 g/mol. The molecule has 2 aromatic rings. The second-order valence-electron chi connectivity index (χ2n) is 9.91. The zero-order valence-corrected chi connectivity index (χ0v) is 22.5. The highest BCUT2D eigenvalue weighted by atomic mass is 32.2. The lowest BCUT2D eigenvalue weighted by molar-refractivity contribution is -0.126. The molecule has 6 nitrogen and oxygen atoms in total. The van der Waals surface area contributed by atoms with Gasteiger partial charge in [0.1, 0.15) is 5.75 Å². The number of amides is 1. The molecule has 1 unspecified atom stereocenters. The molecule has 1 saturated heterocycles. The Balaban J connectivity index is 1.53. The van der Waals surface area contributed by atoms with Gasteiger partial charge in [-0.2, -0.15) is 0 Å². The molecule has 1 aliphatic rings. The highest BCUT2D eigenvalue weighted by Gasteiger charge is 2.31. The van der Waals surface area contributed by atoms with Crippen molar-refractivity contribution in [2.75, 3.05) is 26.0 Å². The number of nitrogens with one attached hydrogen (secondary N) is 1. The molecule has 7 heteroatoms. The molecule has 1 N–H and O–H groups in total. The van der Waals surface area contributed by atoms with Crippen LogP contribution in [0.4, 0.5) is 0 Å². The predicted octanol–water partition coefficient (Wildman–Crippen LogP) is 4.98. The number of methoxy groups -OCH3 is 1. The minimum Gasteiger partial charge on any atom is -0.496 e. The number of benzene rings is 2. The van der Waals surface area contributed by atoms with Crippen LogP contribution >= 0.6 is 0 Å². The lowest BCUT2D eigenvalue weighted by Gasteiger charge is -2.31. The van der Waals surface area contributed by atoms with Crippen molar-refractivity contribution < 1.29 is 17.9 Å². The van der Waals surface area contributed by atoms with E-state index < -0.39 is 10.0 Å². The Bertz CT molecular complexity index is 1090. The van der Waals surface area contributed by atoms with Crippen LogP contribution in [0.2, 0.25) is 0 Å². The van der Waals surface area contributed by atoms with E-state index in [0.29, 0.717) is 38.3 Å². The highest BCUT2D eigenvalue weighted by molar-refractivity contribution is 7.89. The summed E-state index contributed by atoms with van der Waals surface area (Å²) in [6, 6.07) is 14.0. The van der Waals surface area contributed by atoms with Crippen LogP contribution < -0.4 is 10.1 Å². The summed E-state index contributed by atoms with van der Waals surface area (Å²) in [6.45, 7) is 9.10. The molecule has 0 aliphatic carbocycles. The topological polar surface area (TPSA) is 75.7 Å². The first kappa shape index (κ1) is 27.2. The van der Waals surface area contributed by atoms with Crippen LogP contribution in [0, 0.1) is 12.8 Å². The molecule has 0 saturated carbocycles. The fraction of sp³-hybridized carbons (Fsp3) is 0.536. The summed E-state index contributed by atoms with van der Waals surface area (Å²) >= 11 is 0. The summed E-state index contributed by atoms with van der Waals surface area (Å²) in [5.41, 5.74) is 4.44. The number of carbonyl (C=O) groups excluding carboxylic acids is 1. The van der Waals surface area contributed by atoms with E-state index in [0.717, 1.165) is 34.4 Å². The molecule has 1 fully saturated rings. The van der Waals surface area contributed by atoms with Gasteiger partial charge < -0.3 is 10.1 Å². The van der Waals surface area contributed by atoms with Gasteiger partial charge in [0.15, 0.2) is 0 Å². The Morgan fingerprint density at radius 1 is 1.09 bits per heavy atom. The molecule has 0 bridgehead atoms. The first-order chi connectivity index (χ1) is 16.6. The van der Waals surface area contributed by atoms with Gasteiger partial charge in [-0.1, -0.05) is 44.2 Å². The maximum atomic E-state index is 13.0. The minimum atomic E-state index is -3.30. The quantitative estimate of drug-likeness (QED) is 0.499. The first-order valence-corrected chi connectivity index (χ1v) is 14.2. The van der Waals surface area contributed by atoms with Crippen molar-refractivity contribution in [1.29, 1.82) is 0 Å². The Hall–Kier alpha value is -2.38. The van der Waals surface area contributed by atoms with Crippen molar-refractivity contribution >= 4 is 15.9 Å². The molecule has 1 amide bonds. The number of rotatable bonds is 10. The summed E-state index contributed by atoms with van der Waals surface area (Å²) in [5.74, 6) is 1.16. The minimum absolute atomic E-state index is 0.0000550. The van der Waals surface area contributed by atoms with Gasteiger partial charge in [-0.25, -0.2) is 12.7 Å². The molecule has 0 radical (unpaired) electrons. The van der Waals surface area contributed by atoms with Gasteiger partial charge in [-0.15, -0.1) is 0 Å². The fourth-order valence-electron chi connectivity index (χ4n) is 4.85. The number of nitrogens with zero attached hydrogens (tertiary/aromatic N) is 1. The molecule has 192 valence electrons. The van der Waals surface area contributed by atoms with Crippen LogP contribution in [0.25, 0.3) is 0 Å². The molecule has 0 aromatic heterocycles. The summed E-state index contributed by atoms with van der Waals surface area (Å²) in [6.07, 6.45) is 2.45. The van der Waals surface area contributed by atoms with E-state index in [1.54, 1.807) is 11.4 Å². The van der Waals surface area contributed by atoms with Crippen molar-refractivity contribution in [1.82, 2.24) is 9.62 Å². The zero-order valence-electron chi connectivity index (χ0n) is 21.7. The fourth-order valence-corrected chi connectivity index (χ4v) is 6.38. The number of carbonyl (C=O) groups is 1. The number of piperidine rings is 1. The van der Waals surface area contributed by atoms with Crippen molar-refractivity contribution in [3.05, 3.63) is 64.7 Å². The molecule has 3 rings (SSSR count). The van der Waals surface area contributed by atoms with E-state index in [4.69, 9.17) is 4.74 Å². The maximum Gasteiger partial charge on any atom is 0.223 e. The van der Waals surface area contributed by atoms with Crippen LogP contribution in [0.5, 0.6) is 5.75 Å². The third-order valence-electron chi connectivity index (χ3n) is 6.99. The summed E-state index contributed by atoms with van der Waals surface area (Å²) in [7, 11) is -1.62. The molecule has 2 aromatic carbocycles. The maximum absolute atomic E-state index is 13.0. The van der Waals surface area contributed by atoms with E-state index in [1.165, 1.54) is 0 Å². The normalized spacial score (nSPS) is 16.3. The van der Waals surface area contributed by atoms with Gasteiger partial charge in [-0.3, -0.25) is 4.79 Å². The second kappa shape index (κ2) is 12.0. The summed E-state index contributed by atoms with van der Waals surface area (Å²) in [4.78, 5) is 13.0. The lowest BCUT2D eigenvalue weighted by atomic mass is 9.92. The average Bonchev–Trinajstić information content (AvgIpc) is 2.84. The van der Waals surface area contributed by atoms with E-state index in [9.17, 15) is 13.2 Å². The van der Waals surface area contributed by atoms with Crippen molar-refractivity contribution in [2.45, 2.75) is 65.3 Å². The Labute approximate surface area is 211 Å². The van der Waals surface area contributed by atoms with Crippen molar-refractivity contribution in [2.24, 2.45) is 5.92 Å². The molecule has 1 aliphatic heterocycles. The Morgan fingerprint density at radius 3 is 2.34 bits per heavy atom. The first-order valence-electron chi connectivity index (χ1n) is 12.6. The Kier molecular flexibility index (Phi) is 9.36. The van der Waals surface area contributed by atoms with Crippen LogP contribution in [-0.4, -0.2) is 44.6 Å². The van der Waals surface area contributed by atoms with Crippen LogP contribution in [0.1, 0.15) is 74.2 Å². The van der Waals surface area contributed by atoms with Crippen LogP contribution in [0.3, 0.4) is 0 Å². The van der Waals surface area contributed by atoms with Gasteiger partial charge >= 0.3 is 0 Å².